The van der Waals surface area contributed by atoms with Crippen molar-refractivity contribution in [1.29, 1.82) is 0 Å². The summed E-state index contributed by atoms with van der Waals surface area (Å²) >= 11 is 0. The van der Waals surface area contributed by atoms with Crippen LogP contribution in [0.4, 0.5) is 29.0 Å². The summed E-state index contributed by atoms with van der Waals surface area (Å²) in [5, 5.41) is 23.9. The predicted octanol–water partition coefficient (Wildman–Crippen LogP) is 4.52. The number of para-hydroxylation sites is 1. The van der Waals surface area contributed by atoms with Crippen LogP contribution in [0.15, 0.2) is 33.6 Å². The summed E-state index contributed by atoms with van der Waals surface area (Å²) in [6.07, 6.45) is 1.62. The molecule has 11 nitrogen and oxygen atoms in total. The number of sulfonamides is 1. The number of benzene rings is 1. The number of rotatable bonds is 8. The number of phenols is 1. The molecule has 0 amide bonds. The minimum atomic E-state index is -3.81. The largest absolute Gasteiger partial charge is 0.504 e. The summed E-state index contributed by atoms with van der Waals surface area (Å²) in [5.74, 6) is 3.36. The van der Waals surface area contributed by atoms with Gasteiger partial charge in [-0.05, 0) is 56.4 Å². The molecule has 3 aromatic rings. The fourth-order valence-electron chi connectivity index (χ4n) is 4.58. The minimum absolute atomic E-state index is 0.135. The van der Waals surface area contributed by atoms with Crippen molar-refractivity contribution >= 4 is 39.0 Å². The van der Waals surface area contributed by atoms with Crippen LogP contribution in [0.2, 0.25) is 0 Å². The Labute approximate surface area is 216 Å². The summed E-state index contributed by atoms with van der Waals surface area (Å²) in [5.41, 5.74) is 1.28. The molecule has 0 spiro atoms. The third-order valence-electron chi connectivity index (χ3n) is 6.79. The molecule has 1 aromatic carbocycles. The summed E-state index contributed by atoms with van der Waals surface area (Å²) in [6, 6.07) is 6.44. The molecule has 0 saturated carbocycles. The van der Waals surface area contributed by atoms with Crippen molar-refractivity contribution < 1.29 is 17.9 Å². The monoisotopic (exact) mass is 527 g/mol. The van der Waals surface area contributed by atoms with Crippen LogP contribution in [0.25, 0.3) is 0 Å². The Morgan fingerprint density at radius 3 is 2.38 bits per heavy atom. The molecule has 2 aliphatic heterocycles. The van der Waals surface area contributed by atoms with E-state index in [0.29, 0.717) is 43.0 Å². The van der Waals surface area contributed by atoms with Crippen molar-refractivity contribution in [2.45, 2.75) is 51.5 Å². The van der Waals surface area contributed by atoms with Crippen molar-refractivity contribution in [1.82, 2.24) is 14.3 Å². The Bertz CT molecular complexity index is 1400. The first kappa shape index (κ1) is 25.2. The molecule has 198 valence electrons. The van der Waals surface area contributed by atoms with E-state index in [0.717, 1.165) is 29.9 Å². The van der Waals surface area contributed by atoms with E-state index in [2.05, 4.69) is 40.1 Å². The molecule has 1 atom stereocenters. The van der Waals surface area contributed by atoms with Crippen LogP contribution in [0.1, 0.15) is 49.8 Å². The summed E-state index contributed by atoms with van der Waals surface area (Å²) in [4.78, 5) is 9.27. The highest BCUT2D eigenvalue weighted by molar-refractivity contribution is 7.89. The van der Waals surface area contributed by atoms with Gasteiger partial charge in [0, 0.05) is 13.1 Å². The quantitative estimate of drug-likeness (QED) is 0.265. The van der Waals surface area contributed by atoms with Gasteiger partial charge in [0.2, 0.25) is 10.0 Å². The number of nitrogens with zero attached hydrogens (tertiary/aromatic N) is 3. The zero-order valence-electron chi connectivity index (χ0n) is 21.4. The van der Waals surface area contributed by atoms with Gasteiger partial charge in [0.25, 0.3) is 0 Å². The highest BCUT2D eigenvalue weighted by Crippen LogP contribution is 2.39. The lowest BCUT2D eigenvalue weighted by Gasteiger charge is -2.23. The Kier molecular flexibility index (Phi) is 6.63. The Morgan fingerprint density at radius 1 is 1.08 bits per heavy atom. The zero-order valence-corrected chi connectivity index (χ0v) is 22.2. The molecule has 37 heavy (non-hydrogen) atoms. The molecule has 2 aromatic heterocycles. The number of aromatic nitrogens is 2. The van der Waals surface area contributed by atoms with Gasteiger partial charge >= 0.3 is 0 Å². The number of furan rings is 1. The molecule has 0 bridgehead atoms. The highest BCUT2D eigenvalue weighted by Gasteiger charge is 2.31. The maximum atomic E-state index is 13.2. The van der Waals surface area contributed by atoms with Gasteiger partial charge in [0.15, 0.2) is 29.0 Å². The molecule has 0 aliphatic carbocycles. The zero-order chi connectivity index (χ0) is 26.3. The normalized spacial score (nSPS) is 16.4. The lowest BCUT2D eigenvalue weighted by atomic mass is 10.0. The van der Waals surface area contributed by atoms with Crippen molar-refractivity contribution in [3.8, 4) is 5.75 Å². The lowest BCUT2D eigenvalue weighted by Crippen LogP contribution is -2.28. The van der Waals surface area contributed by atoms with E-state index < -0.39 is 10.0 Å². The van der Waals surface area contributed by atoms with Crippen molar-refractivity contribution in [3.63, 3.8) is 0 Å². The van der Waals surface area contributed by atoms with Gasteiger partial charge in [0.1, 0.15) is 16.4 Å². The average molecular weight is 528 g/mol. The van der Waals surface area contributed by atoms with E-state index in [-0.39, 0.29) is 28.3 Å². The van der Waals surface area contributed by atoms with Crippen LogP contribution >= 0.6 is 0 Å². The topological polar surface area (TPSA) is 145 Å². The summed E-state index contributed by atoms with van der Waals surface area (Å²) in [6.45, 7) is 9.48. The standard InChI is InChI=1S/C25H33N7O4S/c1-14(2)20(18-12-15(3)16(4)36-18)29-25-24(30-22-23(31-25)27-13-26-22)28-17-8-7-9-19(21(17)33)37(34,35)32-10-5-6-11-32/h7-9,12,14,20,33H,5-6,10-11,13H2,1-4H3,(H2,26,28,30)(H2,27,29,31)/t20-/m1/s1. The smallest absolute Gasteiger partial charge is 0.246 e. The van der Waals surface area contributed by atoms with Gasteiger partial charge in [-0.3, -0.25) is 0 Å². The van der Waals surface area contributed by atoms with E-state index in [9.17, 15) is 13.5 Å². The minimum Gasteiger partial charge on any atom is -0.504 e. The molecule has 5 N–H and O–H groups in total. The number of hydrogen-bond donors (Lipinski definition) is 5. The molecule has 1 fully saturated rings. The Hall–Kier alpha value is -3.51. The van der Waals surface area contributed by atoms with Gasteiger partial charge < -0.3 is 30.8 Å². The second kappa shape index (κ2) is 9.75. The number of fused-ring (bicyclic) bond motifs is 1. The fraction of sp³-hybridized carbons (Fsp3) is 0.440. The molecule has 0 unspecified atom stereocenters. The van der Waals surface area contributed by atoms with E-state index in [1.54, 1.807) is 12.1 Å². The molecule has 0 radical (unpaired) electrons. The first-order valence-electron chi connectivity index (χ1n) is 12.5. The molecule has 4 heterocycles. The highest BCUT2D eigenvalue weighted by atomic mass is 32.2. The first-order chi connectivity index (χ1) is 17.6. The van der Waals surface area contributed by atoms with Crippen LogP contribution in [-0.2, 0) is 10.0 Å². The van der Waals surface area contributed by atoms with Gasteiger partial charge in [0.05, 0.1) is 18.4 Å². The van der Waals surface area contributed by atoms with Crippen LogP contribution in [0, 0.1) is 19.8 Å². The van der Waals surface area contributed by atoms with Crippen LogP contribution < -0.4 is 21.3 Å². The summed E-state index contributed by atoms with van der Waals surface area (Å²) < 4.78 is 33.7. The third-order valence-corrected chi connectivity index (χ3v) is 8.72. The Morgan fingerprint density at radius 2 is 1.76 bits per heavy atom. The summed E-state index contributed by atoms with van der Waals surface area (Å²) in [7, 11) is -3.81. The molecule has 5 rings (SSSR count). The number of hydrogen-bond acceptors (Lipinski definition) is 10. The Balaban J connectivity index is 1.52. The molecule has 1 saturated heterocycles. The second-order valence-corrected chi connectivity index (χ2v) is 11.7. The van der Waals surface area contributed by atoms with E-state index in [1.807, 2.05) is 19.9 Å². The molecule has 2 aliphatic rings. The molecular weight excluding hydrogens is 494 g/mol. The van der Waals surface area contributed by atoms with Crippen molar-refractivity contribution in [2.24, 2.45) is 5.92 Å². The maximum absolute atomic E-state index is 13.2. The predicted molar refractivity (Wildman–Crippen MR) is 143 cm³/mol. The number of anilines is 5. The van der Waals surface area contributed by atoms with Crippen LogP contribution in [-0.4, -0.2) is 47.6 Å². The van der Waals surface area contributed by atoms with Gasteiger partial charge in [-0.25, -0.2) is 18.4 Å². The lowest BCUT2D eigenvalue weighted by molar-refractivity contribution is 0.407. The molecular formula is C25H33N7O4S. The maximum Gasteiger partial charge on any atom is 0.246 e. The van der Waals surface area contributed by atoms with Gasteiger partial charge in [-0.1, -0.05) is 19.9 Å². The SMILES string of the molecule is Cc1cc([C@H](Nc2nc3c(nc2Nc2cccc(S(=O)(=O)N4CCCC4)c2O)NCN3)C(C)C)oc1C. The molecule has 12 heteroatoms. The van der Waals surface area contributed by atoms with E-state index in [4.69, 9.17) is 9.40 Å². The van der Waals surface area contributed by atoms with Crippen LogP contribution in [0.3, 0.4) is 0 Å². The van der Waals surface area contributed by atoms with Gasteiger partial charge in [-0.2, -0.15) is 4.31 Å². The van der Waals surface area contributed by atoms with Crippen molar-refractivity contribution in [3.05, 3.63) is 41.3 Å². The number of aromatic hydroxyl groups is 1. The second-order valence-electron chi connectivity index (χ2n) is 9.79. The van der Waals surface area contributed by atoms with Crippen molar-refractivity contribution in [2.75, 3.05) is 41.0 Å². The number of aryl methyl sites for hydroxylation is 2. The third kappa shape index (κ3) is 4.78. The number of phenolic OH excluding ortho intramolecular Hbond substituents is 1. The van der Waals surface area contributed by atoms with Crippen LogP contribution in [0.5, 0.6) is 5.75 Å². The fourth-order valence-corrected chi connectivity index (χ4v) is 6.20. The van der Waals surface area contributed by atoms with E-state index in [1.165, 1.54) is 10.4 Å². The average Bonchev–Trinajstić information content (AvgIpc) is 3.60. The van der Waals surface area contributed by atoms with Gasteiger partial charge in [-0.15, -0.1) is 0 Å². The first-order valence-corrected chi connectivity index (χ1v) is 13.9. The number of nitrogens with one attached hydrogen (secondary N) is 4. The van der Waals surface area contributed by atoms with E-state index >= 15 is 0 Å².